The van der Waals surface area contributed by atoms with Gasteiger partial charge < -0.3 is 16.0 Å². The molecule has 0 aromatic heterocycles. The molecule has 2 rings (SSSR count). The van der Waals surface area contributed by atoms with Gasteiger partial charge >= 0.3 is 0 Å². The highest BCUT2D eigenvalue weighted by Crippen LogP contribution is 2.22. The fraction of sp³-hybridized carbons (Fsp3) is 0.316. The molecule has 0 aliphatic rings. The fourth-order valence-electron chi connectivity index (χ4n) is 2.12. The van der Waals surface area contributed by atoms with Crippen LogP contribution in [0.5, 0.6) is 0 Å². The molecule has 0 saturated carbocycles. The summed E-state index contributed by atoms with van der Waals surface area (Å²) in [5.74, 6) is 0. The molecule has 3 nitrogen and oxygen atoms in total. The van der Waals surface area contributed by atoms with Crippen LogP contribution in [0.25, 0.3) is 0 Å². The van der Waals surface area contributed by atoms with E-state index >= 15 is 0 Å². The maximum atomic E-state index is 7.98. The van der Waals surface area contributed by atoms with Crippen LogP contribution in [0.2, 0.25) is 5.02 Å². The number of benzene rings is 2. The maximum Gasteiger partial charge on any atom is 0.0450 e. The van der Waals surface area contributed by atoms with Crippen LogP contribution in [0.1, 0.15) is 38.3 Å². The molecule has 0 spiro atoms. The zero-order valence-electron chi connectivity index (χ0n) is 14.3. The average Bonchev–Trinajstić information content (AvgIpc) is 2.62. The van der Waals surface area contributed by atoms with Crippen molar-refractivity contribution < 1.29 is 0 Å². The van der Waals surface area contributed by atoms with E-state index in [2.05, 4.69) is 10.6 Å². The van der Waals surface area contributed by atoms with E-state index in [1.54, 1.807) is 0 Å². The summed E-state index contributed by atoms with van der Waals surface area (Å²) in [5, 5.41) is 15.3. The predicted molar refractivity (Wildman–Crippen MR) is 103 cm³/mol. The first-order valence-corrected chi connectivity index (χ1v) is 8.39. The Morgan fingerprint density at radius 1 is 1.09 bits per heavy atom. The van der Waals surface area contributed by atoms with Gasteiger partial charge in [0.1, 0.15) is 0 Å². The fourth-order valence-corrected chi connectivity index (χ4v) is 2.25. The Bertz CT molecular complexity index is 621. The van der Waals surface area contributed by atoms with E-state index < -0.39 is 0 Å². The van der Waals surface area contributed by atoms with Crippen molar-refractivity contribution in [1.82, 2.24) is 0 Å². The van der Waals surface area contributed by atoms with Gasteiger partial charge in [-0.2, -0.15) is 0 Å². The summed E-state index contributed by atoms with van der Waals surface area (Å²) in [6.07, 6.45) is 0.728. The van der Waals surface area contributed by atoms with Crippen LogP contribution >= 0.6 is 11.6 Å². The van der Waals surface area contributed by atoms with Crippen LogP contribution in [-0.4, -0.2) is 12.8 Å². The number of hydrogen-bond donors (Lipinski definition) is 3. The van der Waals surface area contributed by atoms with E-state index in [0.29, 0.717) is 5.71 Å². The predicted octanol–water partition coefficient (Wildman–Crippen LogP) is 5.80. The Hall–Kier alpha value is -2.00. The van der Waals surface area contributed by atoms with E-state index in [-0.39, 0.29) is 0 Å². The molecule has 0 aliphatic heterocycles. The zero-order chi connectivity index (χ0) is 17.2. The van der Waals surface area contributed by atoms with Gasteiger partial charge in [0.25, 0.3) is 0 Å². The Morgan fingerprint density at radius 2 is 1.74 bits per heavy atom. The minimum atomic E-state index is 0.642. The molecule has 124 valence electrons. The summed E-state index contributed by atoms with van der Waals surface area (Å²) in [7, 11) is 1.88. The smallest absolute Gasteiger partial charge is 0.0450 e. The standard InChI is InChI=1S/C17H20ClN3.C2H6/c1-3-16(19)15-9-8-14(10-17(15)20-2)21-11-12-4-6-13(18)7-5-12;1-2/h4-10,19-21H,3,11H2,1-2H3;1-2H3. The van der Waals surface area contributed by atoms with E-state index in [9.17, 15) is 0 Å². The third-order valence-corrected chi connectivity index (χ3v) is 3.63. The van der Waals surface area contributed by atoms with Crippen LogP contribution < -0.4 is 10.6 Å². The summed E-state index contributed by atoms with van der Waals surface area (Å²) in [6.45, 7) is 6.74. The molecule has 0 unspecified atom stereocenters. The monoisotopic (exact) mass is 331 g/mol. The summed E-state index contributed by atoms with van der Waals surface area (Å²) in [5.41, 5.74) is 4.78. The first-order chi connectivity index (χ1) is 11.1. The number of nitrogens with one attached hydrogen (secondary N) is 3. The molecule has 3 N–H and O–H groups in total. The number of anilines is 2. The van der Waals surface area contributed by atoms with Crippen LogP contribution in [0.15, 0.2) is 42.5 Å². The van der Waals surface area contributed by atoms with Gasteiger partial charge in [-0.3, -0.25) is 0 Å². The van der Waals surface area contributed by atoms with Crippen molar-refractivity contribution in [2.45, 2.75) is 33.7 Å². The first-order valence-electron chi connectivity index (χ1n) is 8.02. The third-order valence-electron chi connectivity index (χ3n) is 3.38. The molecule has 0 heterocycles. The molecule has 4 heteroatoms. The van der Waals surface area contributed by atoms with Crippen molar-refractivity contribution in [1.29, 1.82) is 5.41 Å². The van der Waals surface area contributed by atoms with Gasteiger partial charge in [-0.1, -0.05) is 44.5 Å². The van der Waals surface area contributed by atoms with Crippen molar-refractivity contribution >= 4 is 28.7 Å². The average molecular weight is 332 g/mol. The minimum Gasteiger partial charge on any atom is -0.388 e. The minimum absolute atomic E-state index is 0.642. The van der Waals surface area contributed by atoms with Crippen molar-refractivity contribution in [3.63, 3.8) is 0 Å². The van der Waals surface area contributed by atoms with E-state index in [1.165, 1.54) is 5.56 Å². The lowest BCUT2D eigenvalue weighted by atomic mass is 10.0. The second-order valence-corrected chi connectivity index (χ2v) is 5.26. The van der Waals surface area contributed by atoms with Crippen molar-refractivity contribution in [2.75, 3.05) is 17.7 Å². The highest BCUT2D eigenvalue weighted by atomic mass is 35.5. The highest BCUT2D eigenvalue weighted by molar-refractivity contribution is 6.30. The molecule has 0 amide bonds. The molecule has 0 aliphatic carbocycles. The van der Waals surface area contributed by atoms with Gasteiger partial charge in [-0.15, -0.1) is 0 Å². The molecular formula is C19H26ClN3. The summed E-state index contributed by atoms with van der Waals surface area (Å²) >= 11 is 5.88. The number of rotatable bonds is 6. The van der Waals surface area contributed by atoms with Gasteiger partial charge in [-0.25, -0.2) is 0 Å². The van der Waals surface area contributed by atoms with Crippen LogP contribution in [0.3, 0.4) is 0 Å². The van der Waals surface area contributed by atoms with Crippen LogP contribution in [0, 0.1) is 5.41 Å². The third kappa shape index (κ3) is 5.61. The molecule has 0 bridgehead atoms. The van der Waals surface area contributed by atoms with Gasteiger partial charge in [0.05, 0.1) is 0 Å². The molecule has 0 radical (unpaired) electrons. The molecule has 0 saturated heterocycles. The van der Waals surface area contributed by atoms with Crippen LogP contribution in [0.4, 0.5) is 11.4 Å². The Morgan fingerprint density at radius 3 is 2.30 bits per heavy atom. The van der Waals surface area contributed by atoms with E-state index in [0.717, 1.165) is 34.9 Å². The normalized spacial score (nSPS) is 9.61. The van der Waals surface area contributed by atoms with Gasteiger partial charge in [0.15, 0.2) is 0 Å². The summed E-state index contributed by atoms with van der Waals surface area (Å²) < 4.78 is 0. The van der Waals surface area contributed by atoms with Gasteiger partial charge in [0.2, 0.25) is 0 Å². The molecule has 0 atom stereocenters. The first kappa shape index (κ1) is 19.0. The van der Waals surface area contributed by atoms with E-state index in [4.69, 9.17) is 17.0 Å². The highest BCUT2D eigenvalue weighted by Gasteiger charge is 2.06. The Labute approximate surface area is 144 Å². The lowest BCUT2D eigenvalue weighted by Crippen LogP contribution is -2.05. The number of halogens is 1. The lowest BCUT2D eigenvalue weighted by Gasteiger charge is -2.13. The van der Waals surface area contributed by atoms with Crippen molar-refractivity contribution in [2.24, 2.45) is 0 Å². The Balaban J connectivity index is 0.00000127. The largest absolute Gasteiger partial charge is 0.388 e. The molecule has 23 heavy (non-hydrogen) atoms. The summed E-state index contributed by atoms with van der Waals surface area (Å²) in [4.78, 5) is 0. The molecule has 2 aromatic rings. The Kier molecular flexibility index (Phi) is 8.20. The zero-order valence-corrected chi connectivity index (χ0v) is 15.1. The topological polar surface area (TPSA) is 47.9 Å². The van der Waals surface area contributed by atoms with E-state index in [1.807, 2.05) is 70.3 Å². The molecule has 2 aromatic carbocycles. The molecule has 0 fully saturated rings. The van der Waals surface area contributed by atoms with Crippen molar-refractivity contribution in [3.05, 3.63) is 58.6 Å². The van der Waals surface area contributed by atoms with Gasteiger partial charge in [-0.05, 0) is 42.3 Å². The summed E-state index contributed by atoms with van der Waals surface area (Å²) in [6, 6.07) is 13.8. The second-order valence-electron chi connectivity index (χ2n) is 4.82. The lowest BCUT2D eigenvalue weighted by molar-refractivity contribution is 1.15. The van der Waals surface area contributed by atoms with Crippen molar-refractivity contribution in [3.8, 4) is 0 Å². The number of hydrogen-bond acceptors (Lipinski definition) is 3. The maximum absolute atomic E-state index is 7.98. The quantitative estimate of drug-likeness (QED) is 0.586. The SMILES string of the molecule is CC.CCC(=N)c1ccc(NCc2ccc(Cl)cc2)cc1NC. The molecular weight excluding hydrogens is 306 g/mol. The second kappa shape index (κ2) is 9.90. The van der Waals surface area contributed by atoms with Crippen LogP contribution in [-0.2, 0) is 6.54 Å². The van der Waals surface area contributed by atoms with Gasteiger partial charge in [0, 0.05) is 41.3 Å².